The number of pyridine rings is 1. The van der Waals surface area contributed by atoms with Crippen molar-refractivity contribution in [2.75, 3.05) is 12.1 Å². The number of ether oxygens (including phenoxy) is 1. The smallest absolute Gasteiger partial charge is 0.271 e. The molecule has 0 saturated carbocycles. The molecule has 1 aliphatic heterocycles. The molecule has 0 radical (unpaired) electrons. The van der Waals surface area contributed by atoms with Crippen LogP contribution in [0.3, 0.4) is 0 Å². The van der Waals surface area contributed by atoms with Crippen LogP contribution in [0.2, 0.25) is 5.02 Å². The van der Waals surface area contributed by atoms with E-state index in [1.54, 1.807) is 18.2 Å². The number of nitrogens with zero attached hydrogens (tertiary/aromatic N) is 2. The summed E-state index contributed by atoms with van der Waals surface area (Å²) < 4.78 is 5.44. The van der Waals surface area contributed by atoms with Crippen molar-refractivity contribution >= 4 is 23.2 Å². The molecule has 0 unspecified atom stereocenters. The van der Waals surface area contributed by atoms with Gasteiger partial charge >= 0.3 is 0 Å². The normalized spacial score (nSPS) is 13.2. The number of hydrogen-bond acceptors (Lipinski definition) is 4. The first-order chi connectivity index (χ1) is 11.1. The Balaban J connectivity index is 1.95. The molecule has 6 heteroatoms. The van der Waals surface area contributed by atoms with Crippen molar-refractivity contribution in [2.24, 2.45) is 0 Å². The zero-order valence-electron chi connectivity index (χ0n) is 12.8. The number of benzene rings is 1. The molecule has 1 N–H and O–H groups in total. The molecule has 0 bridgehead atoms. The molecule has 1 amide bonds. The molecule has 0 atom stereocenters. The van der Waals surface area contributed by atoms with Crippen LogP contribution in [0.4, 0.5) is 5.69 Å². The molecule has 3 rings (SSSR count). The molecule has 1 aromatic carbocycles. The summed E-state index contributed by atoms with van der Waals surface area (Å²) in [4.78, 5) is 16.4. The Kier molecular flexibility index (Phi) is 4.21. The number of halogens is 1. The quantitative estimate of drug-likeness (QED) is 0.938. The lowest BCUT2D eigenvalue weighted by Gasteiger charge is -2.32. The van der Waals surface area contributed by atoms with Gasteiger partial charge in [-0.1, -0.05) is 29.8 Å². The third-order valence-corrected chi connectivity index (χ3v) is 3.88. The molecular weight excluding hydrogens is 314 g/mol. The zero-order chi connectivity index (χ0) is 16.4. The van der Waals surface area contributed by atoms with Gasteiger partial charge in [-0.15, -0.1) is 0 Å². The number of methoxy groups -OCH3 is 1. The van der Waals surface area contributed by atoms with Gasteiger partial charge in [-0.05, 0) is 31.0 Å². The molecular formula is C17H16ClN3O2. The van der Waals surface area contributed by atoms with Crippen LogP contribution in [0, 0.1) is 0 Å². The van der Waals surface area contributed by atoms with E-state index in [2.05, 4.69) is 16.5 Å². The van der Waals surface area contributed by atoms with Crippen LogP contribution < -0.4 is 15.2 Å². The summed E-state index contributed by atoms with van der Waals surface area (Å²) >= 11 is 5.90. The molecule has 0 fully saturated rings. The van der Waals surface area contributed by atoms with E-state index in [0.29, 0.717) is 16.3 Å². The van der Waals surface area contributed by atoms with Gasteiger partial charge in [-0.3, -0.25) is 20.2 Å². The third kappa shape index (κ3) is 3.00. The van der Waals surface area contributed by atoms with Crippen LogP contribution in [0.1, 0.15) is 22.8 Å². The van der Waals surface area contributed by atoms with Crippen molar-refractivity contribution in [2.45, 2.75) is 13.3 Å². The molecule has 1 aliphatic rings. The average Bonchev–Trinajstić information content (AvgIpc) is 2.56. The fraction of sp³-hybridized carbons (Fsp3) is 0.176. The van der Waals surface area contributed by atoms with Crippen LogP contribution in [0.15, 0.2) is 48.4 Å². The van der Waals surface area contributed by atoms with Gasteiger partial charge in [-0.2, -0.15) is 0 Å². The number of fused-ring (bicyclic) bond motifs is 1. The fourth-order valence-corrected chi connectivity index (χ4v) is 2.70. The van der Waals surface area contributed by atoms with Crippen LogP contribution in [-0.2, 0) is 6.42 Å². The second-order valence-corrected chi connectivity index (χ2v) is 5.62. The number of amides is 1. The van der Waals surface area contributed by atoms with Crippen LogP contribution >= 0.6 is 11.6 Å². The molecule has 1 aromatic heterocycles. The van der Waals surface area contributed by atoms with E-state index in [-0.39, 0.29) is 5.91 Å². The first kappa shape index (κ1) is 15.4. The first-order valence-corrected chi connectivity index (χ1v) is 7.52. The number of hydrogen-bond donors (Lipinski definition) is 1. The van der Waals surface area contributed by atoms with Gasteiger partial charge in [0.2, 0.25) is 0 Å². The van der Waals surface area contributed by atoms with Crippen LogP contribution in [-0.4, -0.2) is 18.0 Å². The van der Waals surface area contributed by atoms with E-state index in [9.17, 15) is 4.79 Å². The molecule has 118 valence electrons. The lowest BCUT2D eigenvalue weighted by molar-refractivity contribution is 0.0951. The topological polar surface area (TPSA) is 54.5 Å². The van der Waals surface area contributed by atoms with Gasteiger partial charge in [0.25, 0.3) is 5.91 Å². The van der Waals surface area contributed by atoms with Crippen molar-refractivity contribution in [3.05, 3.63) is 64.6 Å². The highest BCUT2D eigenvalue weighted by Crippen LogP contribution is 2.36. The van der Waals surface area contributed by atoms with Crippen LogP contribution in [0.5, 0.6) is 5.75 Å². The molecule has 5 nitrogen and oxygen atoms in total. The highest BCUT2D eigenvalue weighted by molar-refractivity contribution is 6.30. The number of allylic oxidation sites excluding steroid dienone is 2. The van der Waals surface area contributed by atoms with Crippen molar-refractivity contribution in [1.29, 1.82) is 0 Å². The summed E-state index contributed by atoms with van der Waals surface area (Å²) in [7, 11) is 1.62. The molecule has 0 spiro atoms. The number of para-hydroxylation sites is 1. The number of rotatable bonds is 3. The number of carbonyl (C=O) groups is 1. The number of nitrogens with one attached hydrogen (secondary N) is 1. The summed E-state index contributed by atoms with van der Waals surface area (Å²) in [6.45, 7) is 1.94. The Morgan fingerprint density at radius 2 is 2.22 bits per heavy atom. The molecule has 0 aliphatic carbocycles. The second-order valence-electron chi connectivity index (χ2n) is 5.19. The van der Waals surface area contributed by atoms with Gasteiger partial charge in [0, 0.05) is 18.1 Å². The second kappa shape index (κ2) is 6.30. The van der Waals surface area contributed by atoms with E-state index in [4.69, 9.17) is 16.3 Å². The predicted molar refractivity (Wildman–Crippen MR) is 89.6 cm³/mol. The molecule has 23 heavy (non-hydrogen) atoms. The minimum Gasteiger partial charge on any atom is -0.494 e. The van der Waals surface area contributed by atoms with E-state index in [0.717, 1.165) is 23.4 Å². The fourth-order valence-electron chi connectivity index (χ4n) is 2.52. The maximum absolute atomic E-state index is 12.5. The SMILES string of the molecule is COc1cccc2c1N(NC(=O)c1cncc(Cl)c1)C(C)=CC2. The highest BCUT2D eigenvalue weighted by Gasteiger charge is 2.23. The Morgan fingerprint density at radius 1 is 1.39 bits per heavy atom. The van der Waals surface area contributed by atoms with Gasteiger partial charge in [0.05, 0.1) is 17.7 Å². The van der Waals surface area contributed by atoms with Gasteiger partial charge in [-0.25, -0.2) is 0 Å². The Labute approximate surface area is 139 Å². The largest absolute Gasteiger partial charge is 0.494 e. The van der Waals surface area contributed by atoms with E-state index in [1.807, 2.05) is 25.1 Å². The summed E-state index contributed by atoms with van der Waals surface area (Å²) in [5.41, 5.74) is 6.14. The lowest BCUT2D eigenvalue weighted by Crippen LogP contribution is -2.43. The standard InChI is InChI=1S/C17H16ClN3O2/c1-11-6-7-12-4-3-5-15(23-2)16(12)21(11)20-17(22)13-8-14(18)10-19-9-13/h3-6,8-10H,7H2,1-2H3,(H,20,22). The number of aromatic nitrogens is 1. The van der Waals surface area contributed by atoms with Gasteiger partial charge in [0.1, 0.15) is 11.4 Å². The summed E-state index contributed by atoms with van der Waals surface area (Å²) in [5, 5.41) is 2.16. The average molecular weight is 330 g/mol. The predicted octanol–water partition coefficient (Wildman–Crippen LogP) is 3.35. The summed E-state index contributed by atoms with van der Waals surface area (Å²) in [5.74, 6) is 0.422. The van der Waals surface area contributed by atoms with Gasteiger partial charge < -0.3 is 4.74 Å². The Bertz CT molecular complexity index is 789. The lowest BCUT2D eigenvalue weighted by atomic mass is 10.0. The molecule has 0 saturated heterocycles. The minimum absolute atomic E-state index is 0.286. The maximum atomic E-state index is 12.5. The number of carbonyl (C=O) groups excluding carboxylic acids is 1. The van der Waals surface area contributed by atoms with Crippen molar-refractivity contribution in [3.63, 3.8) is 0 Å². The number of anilines is 1. The zero-order valence-corrected chi connectivity index (χ0v) is 13.6. The Morgan fingerprint density at radius 3 is 2.96 bits per heavy atom. The monoisotopic (exact) mass is 329 g/mol. The third-order valence-electron chi connectivity index (χ3n) is 3.68. The van der Waals surface area contributed by atoms with E-state index < -0.39 is 0 Å². The van der Waals surface area contributed by atoms with E-state index >= 15 is 0 Å². The summed E-state index contributed by atoms with van der Waals surface area (Å²) in [6.07, 6.45) is 5.82. The van der Waals surface area contributed by atoms with E-state index in [1.165, 1.54) is 12.4 Å². The van der Waals surface area contributed by atoms with Crippen molar-refractivity contribution in [1.82, 2.24) is 10.4 Å². The van der Waals surface area contributed by atoms with Crippen molar-refractivity contribution in [3.8, 4) is 5.75 Å². The molecule has 2 heterocycles. The first-order valence-electron chi connectivity index (χ1n) is 7.14. The minimum atomic E-state index is -0.286. The molecule has 2 aromatic rings. The summed E-state index contributed by atoms with van der Waals surface area (Å²) in [6, 6.07) is 7.40. The van der Waals surface area contributed by atoms with Gasteiger partial charge in [0.15, 0.2) is 0 Å². The maximum Gasteiger partial charge on any atom is 0.271 e. The number of hydrazine groups is 1. The van der Waals surface area contributed by atoms with Crippen molar-refractivity contribution < 1.29 is 9.53 Å². The van der Waals surface area contributed by atoms with Crippen LogP contribution in [0.25, 0.3) is 0 Å². The Hall–Kier alpha value is -2.53. The highest BCUT2D eigenvalue weighted by atomic mass is 35.5.